The molecule has 2 heteroatoms. The van der Waals surface area contributed by atoms with Crippen molar-refractivity contribution in [2.75, 3.05) is 4.90 Å². The molecule has 0 N–H and O–H groups in total. The number of anilines is 3. The highest BCUT2D eigenvalue weighted by atomic mass is 32.1. The molecule has 8 aromatic rings. The van der Waals surface area contributed by atoms with Gasteiger partial charge in [0, 0.05) is 37.2 Å². The Bertz CT molecular complexity index is 2180. The van der Waals surface area contributed by atoms with E-state index in [1.807, 2.05) is 11.3 Å². The van der Waals surface area contributed by atoms with Gasteiger partial charge >= 0.3 is 0 Å². The van der Waals surface area contributed by atoms with E-state index in [0.717, 1.165) is 17.1 Å². The molecule has 0 spiro atoms. The SMILES string of the molecule is c1ccc(-c2cccc(-c3ccc(N(c4ccccc4)c4ccc5sc6ccc7ccccc7c6c5c4)cc3)c2)cc1. The predicted molar refractivity (Wildman–Crippen MR) is 182 cm³/mol. The van der Waals surface area contributed by atoms with Crippen LogP contribution in [0.3, 0.4) is 0 Å². The van der Waals surface area contributed by atoms with Crippen LogP contribution in [0.5, 0.6) is 0 Å². The fourth-order valence-electron chi connectivity index (χ4n) is 6.01. The normalized spacial score (nSPS) is 11.3. The van der Waals surface area contributed by atoms with Crippen LogP contribution in [0.1, 0.15) is 0 Å². The van der Waals surface area contributed by atoms with Crippen molar-refractivity contribution in [1.29, 1.82) is 0 Å². The van der Waals surface area contributed by atoms with Crippen LogP contribution in [0.25, 0.3) is 53.2 Å². The lowest BCUT2D eigenvalue weighted by atomic mass is 9.99. The van der Waals surface area contributed by atoms with Crippen LogP contribution in [0.2, 0.25) is 0 Å². The number of fused-ring (bicyclic) bond motifs is 5. The van der Waals surface area contributed by atoms with Crippen LogP contribution in [-0.2, 0) is 0 Å². The molecule has 0 aliphatic carbocycles. The van der Waals surface area contributed by atoms with Gasteiger partial charge in [0.05, 0.1) is 0 Å². The largest absolute Gasteiger partial charge is 0.310 e. The molecule has 0 amide bonds. The van der Waals surface area contributed by atoms with E-state index in [1.165, 1.54) is 53.2 Å². The summed E-state index contributed by atoms with van der Waals surface area (Å²) in [6.45, 7) is 0. The second kappa shape index (κ2) is 10.3. The first-order chi connectivity index (χ1) is 20.8. The van der Waals surface area contributed by atoms with Gasteiger partial charge < -0.3 is 4.90 Å². The van der Waals surface area contributed by atoms with E-state index in [4.69, 9.17) is 0 Å². The van der Waals surface area contributed by atoms with E-state index in [0.29, 0.717) is 0 Å². The van der Waals surface area contributed by atoms with Gasteiger partial charge in [-0.05, 0) is 87.6 Å². The first-order valence-corrected chi connectivity index (χ1v) is 15.1. The fraction of sp³-hybridized carbons (Fsp3) is 0. The first-order valence-electron chi connectivity index (χ1n) is 14.3. The smallest absolute Gasteiger partial charge is 0.0468 e. The molecule has 0 saturated heterocycles. The molecule has 0 radical (unpaired) electrons. The van der Waals surface area contributed by atoms with Crippen molar-refractivity contribution in [3.05, 3.63) is 164 Å². The van der Waals surface area contributed by atoms with E-state index in [9.17, 15) is 0 Å². The Morgan fingerprint density at radius 2 is 0.952 bits per heavy atom. The maximum Gasteiger partial charge on any atom is 0.0468 e. The Hall–Kier alpha value is -5.18. The predicted octanol–water partition coefficient (Wildman–Crippen LogP) is 12.0. The molecule has 0 aliphatic heterocycles. The van der Waals surface area contributed by atoms with Gasteiger partial charge in [0.25, 0.3) is 0 Å². The number of benzene rings is 7. The van der Waals surface area contributed by atoms with Gasteiger partial charge in [-0.15, -0.1) is 11.3 Å². The average molecular weight is 554 g/mol. The van der Waals surface area contributed by atoms with Crippen LogP contribution in [0.15, 0.2) is 164 Å². The summed E-state index contributed by atoms with van der Waals surface area (Å²) in [4.78, 5) is 2.36. The van der Waals surface area contributed by atoms with Crippen LogP contribution in [0, 0.1) is 0 Å². The zero-order valence-corrected chi connectivity index (χ0v) is 23.8. The molecule has 0 fully saturated rings. The Kier molecular flexibility index (Phi) is 6.05. The summed E-state index contributed by atoms with van der Waals surface area (Å²) in [5.41, 5.74) is 8.30. The number of thiophene rings is 1. The summed E-state index contributed by atoms with van der Waals surface area (Å²) in [5, 5.41) is 5.24. The quantitative estimate of drug-likeness (QED) is 0.205. The van der Waals surface area contributed by atoms with Crippen molar-refractivity contribution in [3.8, 4) is 22.3 Å². The topological polar surface area (TPSA) is 3.24 Å². The molecule has 0 saturated carbocycles. The van der Waals surface area contributed by atoms with E-state index in [1.54, 1.807) is 0 Å². The summed E-state index contributed by atoms with van der Waals surface area (Å²) in [6, 6.07) is 59.1. The van der Waals surface area contributed by atoms with E-state index < -0.39 is 0 Å². The van der Waals surface area contributed by atoms with Gasteiger partial charge in [0.2, 0.25) is 0 Å². The van der Waals surface area contributed by atoms with E-state index in [-0.39, 0.29) is 0 Å². The zero-order valence-electron chi connectivity index (χ0n) is 22.9. The minimum Gasteiger partial charge on any atom is -0.310 e. The lowest BCUT2D eigenvalue weighted by molar-refractivity contribution is 1.29. The number of rotatable bonds is 5. The van der Waals surface area contributed by atoms with Crippen molar-refractivity contribution in [1.82, 2.24) is 0 Å². The molecule has 0 unspecified atom stereocenters. The van der Waals surface area contributed by atoms with Crippen molar-refractivity contribution < 1.29 is 0 Å². The number of hydrogen-bond donors (Lipinski definition) is 0. The maximum atomic E-state index is 2.37. The van der Waals surface area contributed by atoms with Crippen molar-refractivity contribution in [2.45, 2.75) is 0 Å². The van der Waals surface area contributed by atoms with Crippen LogP contribution in [-0.4, -0.2) is 0 Å². The van der Waals surface area contributed by atoms with Gasteiger partial charge in [0.15, 0.2) is 0 Å². The monoisotopic (exact) mass is 553 g/mol. The van der Waals surface area contributed by atoms with Crippen molar-refractivity contribution in [3.63, 3.8) is 0 Å². The third-order valence-electron chi connectivity index (χ3n) is 8.04. The molecule has 1 aromatic heterocycles. The molecule has 198 valence electrons. The minimum absolute atomic E-state index is 1.13. The van der Waals surface area contributed by atoms with Crippen molar-refractivity contribution in [2.24, 2.45) is 0 Å². The average Bonchev–Trinajstić information content (AvgIpc) is 3.45. The van der Waals surface area contributed by atoms with E-state index in [2.05, 4.69) is 169 Å². The lowest BCUT2D eigenvalue weighted by Crippen LogP contribution is -2.09. The summed E-state index contributed by atoms with van der Waals surface area (Å²) in [7, 11) is 0. The first kappa shape index (κ1) is 24.6. The third kappa shape index (κ3) is 4.34. The zero-order chi connectivity index (χ0) is 27.9. The lowest BCUT2D eigenvalue weighted by Gasteiger charge is -2.26. The highest BCUT2D eigenvalue weighted by Crippen LogP contribution is 2.43. The fourth-order valence-corrected chi connectivity index (χ4v) is 7.11. The third-order valence-corrected chi connectivity index (χ3v) is 9.18. The summed E-state index contributed by atoms with van der Waals surface area (Å²) >= 11 is 1.87. The van der Waals surface area contributed by atoms with Crippen LogP contribution < -0.4 is 4.90 Å². The molecule has 0 atom stereocenters. The van der Waals surface area contributed by atoms with Gasteiger partial charge in [-0.2, -0.15) is 0 Å². The second-order valence-corrected chi connectivity index (χ2v) is 11.7. The molecule has 0 aliphatic rings. The van der Waals surface area contributed by atoms with Crippen molar-refractivity contribution >= 4 is 59.3 Å². The Morgan fingerprint density at radius 1 is 0.357 bits per heavy atom. The number of nitrogens with zero attached hydrogens (tertiary/aromatic N) is 1. The molecule has 1 nitrogen and oxygen atoms in total. The van der Waals surface area contributed by atoms with Gasteiger partial charge in [0.1, 0.15) is 0 Å². The molecule has 8 rings (SSSR count). The Morgan fingerprint density at radius 3 is 1.74 bits per heavy atom. The maximum absolute atomic E-state index is 2.37. The van der Waals surface area contributed by atoms with Crippen LogP contribution >= 0.6 is 11.3 Å². The van der Waals surface area contributed by atoms with Gasteiger partial charge in [-0.3, -0.25) is 0 Å². The summed E-state index contributed by atoms with van der Waals surface area (Å²) < 4.78 is 2.64. The second-order valence-electron chi connectivity index (χ2n) is 10.6. The molecular formula is C40H27NS. The highest BCUT2D eigenvalue weighted by molar-refractivity contribution is 7.26. The van der Waals surface area contributed by atoms with Gasteiger partial charge in [-0.25, -0.2) is 0 Å². The van der Waals surface area contributed by atoms with Gasteiger partial charge in [-0.1, -0.05) is 109 Å². The minimum atomic E-state index is 1.13. The van der Waals surface area contributed by atoms with E-state index >= 15 is 0 Å². The standard InChI is InChI=1S/C40H27NS/c1-3-10-28(11-4-1)31-13-9-14-32(26-31)29-18-21-34(22-19-29)41(33-15-5-2-6-16-33)35-23-25-38-37(27-35)40-36-17-8-7-12-30(36)20-24-39(40)42-38/h1-27H. The van der Waals surface area contributed by atoms with Crippen LogP contribution in [0.4, 0.5) is 17.1 Å². The summed E-state index contributed by atoms with van der Waals surface area (Å²) in [5.74, 6) is 0. The molecule has 1 heterocycles. The molecule has 0 bridgehead atoms. The highest BCUT2D eigenvalue weighted by Gasteiger charge is 2.16. The summed E-state index contributed by atoms with van der Waals surface area (Å²) in [6.07, 6.45) is 0. The molecule has 7 aromatic carbocycles. The Balaban J connectivity index is 1.24. The molecular weight excluding hydrogens is 527 g/mol. The number of hydrogen-bond acceptors (Lipinski definition) is 2. The number of para-hydroxylation sites is 1. The Labute approximate surface area is 249 Å². The molecule has 42 heavy (non-hydrogen) atoms.